The number of para-hydroxylation sites is 1. The first kappa shape index (κ1) is 27.1. The summed E-state index contributed by atoms with van der Waals surface area (Å²) in [6, 6.07) is 21.6. The van der Waals surface area contributed by atoms with E-state index in [0.29, 0.717) is 27.2 Å². The fourth-order valence-electron chi connectivity index (χ4n) is 4.49. The van der Waals surface area contributed by atoms with Crippen molar-refractivity contribution in [3.05, 3.63) is 110 Å². The summed E-state index contributed by atoms with van der Waals surface area (Å²) in [7, 11) is 1.28. The number of aromatic nitrogens is 1. The molecule has 0 spiro atoms. The van der Waals surface area contributed by atoms with E-state index < -0.39 is 11.4 Å². The van der Waals surface area contributed by atoms with E-state index in [1.807, 2.05) is 54.6 Å². The lowest BCUT2D eigenvalue weighted by atomic mass is 9.83. The van der Waals surface area contributed by atoms with Gasteiger partial charge in [-0.15, -0.1) is 0 Å². The molecule has 1 heterocycles. The molecular weight excluding hydrogens is 504 g/mol. The third-order valence-corrected chi connectivity index (χ3v) is 6.88. The van der Waals surface area contributed by atoms with Gasteiger partial charge < -0.3 is 19.7 Å². The minimum Gasteiger partial charge on any atom is -0.464 e. The number of aliphatic hydroxyl groups is 1. The number of halogens is 1. The number of carbonyl (C=O) groups is 2. The zero-order valence-corrected chi connectivity index (χ0v) is 22.2. The van der Waals surface area contributed by atoms with Gasteiger partial charge in [0.25, 0.3) is 0 Å². The summed E-state index contributed by atoms with van der Waals surface area (Å²) in [6.07, 6.45) is 0.173. The monoisotopic (exact) mass is 532 g/mol. The van der Waals surface area contributed by atoms with Crippen LogP contribution in [0.1, 0.15) is 41.0 Å². The number of benzene rings is 3. The molecule has 0 radical (unpaired) electrons. The van der Waals surface area contributed by atoms with Crippen LogP contribution in [0.5, 0.6) is 0 Å². The second kappa shape index (κ2) is 11.2. The zero-order valence-electron chi connectivity index (χ0n) is 21.5. The van der Waals surface area contributed by atoms with Crippen molar-refractivity contribution in [2.75, 3.05) is 20.3 Å². The van der Waals surface area contributed by atoms with Gasteiger partial charge >= 0.3 is 5.97 Å². The van der Waals surface area contributed by atoms with Crippen molar-refractivity contribution in [1.29, 1.82) is 0 Å². The van der Waals surface area contributed by atoms with Gasteiger partial charge in [-0.1, -0.05) is 54.1 Å². The predicted molar refractivity (Wildman–Crippen MR) is 148 cm³/mol. The van der Waals surface area contributed by atoms with Gasteiger partial charge in [-0.05, 0) is 55.3 Å². The fourth-order valence-corrected chi connectivity index (χ4v) is 4.66. The number of hydrogen-bond donors (Lipinski definition) is 2. The number of methoxy groups -OCH3 is 1. The smallest absolute Gasteiger partial charge is 0.355 e. The largest absolute Gasteiger partial charge is 0.464 e. The van der Waals surface area contributed by atoms with E-state index in [9.17, 15) is 14.4 Å². The van der Waals surface area contributed by atoms with Crippen LogP contribution in [0.2, 0.25) is 5.02 Å². The summed E-state index contributed by atoms with van der Waals surface area (Å²) < 4.78 is 6.85. The Hall–Kier alpha value is -3.94. The highest BCUT2D eigenvalue weighted by atomic mass is 35.5. The predicted octanol–water partition coefficient (Wildman–Crippen LogP) is 4.41. The maximum Gasteiger partial charge on any atom is 0.355 e. The second-order valence-electron chi connectivity index (χ2n) is 9.46. The Balaban J connectivity index is 1.86. The number of nitrogens with one attached hydrogen (secondary N) is 1. The molecule has 1 amide bonds. The van der Waals surface area contributed by atoms with E-state index in [2.05, 4.69) is 5.32 Å². The molecule has 7 nitrogen and oxygen atoms in total. The molecule has 0 unspecified atom stereocenters. The van der Waals surface area contributed by atoms with Gasteiger partial charge in [0.15, 0.2) is 5.43 Å². The van der Waals surface area contributed by atoms with Crippen LogP contribution in [0.3, 0.4) is 0 Å². The van der Waals surface area contributed by atoms with Crippen molar-refractivity contribution in [2.45, 2.75) is 25.7 Å². The molecule has 0 atom stereocenters. The van der Waals surface area contributed by atoms with Crippen molar-refractivity contribution >= 4 is 34.4 Å². The van der Waals surface area contributed by atoms with E-state index in [0.717, 1.165) is 11.1 Å². The Morgan fingerprint density at radius 2 is 1.71 bits per heavy atom. The molecule has 0 bridgehead atoms. The number of hydrogen-bond acceptors (Lipinski definition) is 5. The summed E-state index contributed by atoms with van der Waals surface area (Å²) in [5.41, 5.74) is 2.07. The Morgan fingerprint density at radius 1 is 1.03 bits per heavy atom. The van der Waals surface area contributed by atoms with E-state index in [4.69, 9.17) is 21.4 Å². The number of ether oxygens (including phenoxy) is 1. The summed E-state index contributed by atoms with van der Waals surface area (Å²) in [5, 5.41) is 12.6. The molecule has 3 aromatic carbocycles. The maximum atomic E-state index is 13.7. The molecule has 4 rings (SSSR count). The van der Waals surface area contributed by atoms with Crippen molar-refractivity contribution in [3.8, 4) is 5.69 Å². The minimum absolute atomic E-state index is 0.131. The van der Waals surface area contributed by atoms with Gasteiger partial charge in [-0.3, -0.25) is 9.59 Å². The molecule has 1 aromatic heterocycles. The van der Waals surface area contributed by atoms with Crippen molar-refractivity contribution in [1.82, 2.24) is 9.88 Å². The van der Waals surface area contributed by atoms with E-state index in [1.54, 1.807) is 36.6 Å². The van der Waals surface area contributed by atoms with Gasteiger partial charge in [0.1, 0.15) is 5.69 Å². The molecular formula is C30H29ClN2O5. The van der Waals surface area contributed by atoms with Crippen LogP contribution in [-0.4, -0.2) is 41.8 Å². The van der Waals surface area contributed by atoms with E-state index in [-0.39, 0.29) is 36.6 Å². The van der Waals surface area contributed by atoms with Gasteiger partial charge in [0, 0.05) is 34.6 Å². The maximum absolute atomic E-state index is 13.7. The molecule has 0 aliphatic heterocycles. The van der Waals surface area contributed by atoms with Crippen LogP contribution in [0.25, 0.3) is 16.6 Å². The van der Waals surface area contributed by atoms with Gasteiger partial charge in [-0.2, -0.15) is 0 Å². The Labute approximate surface area is 225 Å². The standard InChI is InChI=1S/C30H29ClN2O5/c1-30(2,29(37)32-15-16-34)20-11-9-19(10-12-20)17-24-26(28(36)38-3)33(22-7-5-4-6-8-22)25-18-21(31)13-14-23(25)27(24)35/h4-14,18,34H,15-17H2,1-3H3,(H,32,37). The van der Waals surface area contributed by atoms with Crippen molar-refractivity contribution in [2.24, 2.45) is 0 Å². The van der Waals surface area contributed by atoms with Gasteiger partial charge in [-0.25, -0.2) is 4.79 Å². The number of amides is 1. The van der Waals surface area contributed by atoms with Crippen LogP contribution < -0.4 is 10.7 Å². The topological polar surface area (TPSA) is 97.6 Å². The molecule has 196 valence electrons. The third-order valence-electron chi connectivity index (χ3n) is 6.64. The summed E-state index contributed by atoms with van der Waals surface area (Å²) in [6.45, 7) is 3.65. The Bertz CT molecular complexity index is 1540. The second-order valence-corrected chi connectivity index (χ2v) is 9.89. The molecule has 8 heteroatoms. The molecule has 2 N–H and O–H groups in total. The molecule has 0 saturated heterocycles. The normalized spacial score (nSPS) is 11.4. The molecule has 4 aromatic rings. The lowest BCUT2D eigenvalue weighted by Crippen LogP contribution is -2.41. The first-order valence-electron chi connectivity index (χ1n) is 12.2. The average Bonchev–Trinajstić information content (AvgIpc) is 2.93. The number of pyridine rings is 1. The third kappa shape index (κ3) is 5.21. The van der Waals surface area contributed by atoms with Crippen molar-refractivity contribution < 1.29 is 19.4 Å². The average molecular weight is 533 g/mol. The fraction of sp³-hybridized carbons (Fsp3) is 0.233. The SMILES string of the molecule is COC(=O)c1c(Cc2ccc(C(C)(C)C(=O)NCCO)cc2)c(=O)c2ccc(Cl)cc2n1-c1ccccc1. The van der Waals surface area contributed by atoms with E-state index in [1.165, 1.54) is 7.11 Å². The van der Waals surface area contributed by atoms with Gasteiger partial charge in [0.2, 0.25) is 5.91 Å². The van der Waals surface area contributed by atoms with E-state index >= 15 is 0 Å². The van der Waals surface area contributed by atoms with Crippen LogP contribution in [0.4, 0.5) is 0 Å². The Kier molecular flexibility index (Phi) is 7.99. The first-order valence-corrected chi connectivity index (χ1v) is 12.6. The molecule has 0 fully saturated rings. The molecule has 0 saturated carbocycles. The molecule has 0 aliphatic carbocycles. The number of carbonyl (C=O) groups excluding carboxylic acids is 2. The Morgan fingerprint density at radius 3 is 2.34 bits per heavy atom. The first-order chi connectivity index (χ1) is 18.2. The van der Waals surface area contributed by atoms with Crippen LogP contribution in [0.15, 0.2) is 77.6 Å². The highest BCUT2D eigenvalue weighted by Gasteiger charge is 2.30. The summed E-state index contributed by atoms with van der Waals surface area (Å²) >= 11 is 6.30. The lowest BCUT2D eigenvalue weighted by Gasteiger charge is -2.24. The number of nitrogens with zero attached hydrogens (tertiary/aromatic N) is 1. The molecule has 0 aliphatic rings. The highest BCUT2D eigenvalue weighted by Crippen LogP contribution is 2.28. The summed E-state index contributed by atoms with van der Waals surface area (Å²) in [4.78, 5) is 39.5. The van der Waals surface area contributed by atoms with Crippen molar-refractivity contribution in [3.63, 3.8) is 0 Å². The summed E-state index contributed by atoms with van der Waals surface area (Å²) in [5.74, 6) is -0.840. The lowest BCUT2D eigenvalue weighted by molar-refractivity contribution is -0.125. The van der Waals surface area contributed by atoms with Gasteiger partial charge in [0.05, 0.1) is 24.6 Å². The number of aliphatic hydroxyl groups excluding tert-OH is 1. The number of fused-ring (bicyclic) bond motifs is 1. The zero-order chi connectivity index (χ0) is 27.4. The highest BCUT2D eigenvalue weighted by molar-refractivity contribution is 6.31. The van der Waals surface area contributed by atoms with Crippen LogP contribution >= 0.6 is 11.6 Å². The number of rotatable bonds is 8. The minimum atomic E-state index is -0.826. The molecule has 38 heavy (non-hydrogen) atoms. The van der Waals surface area contributed by atoms with Crippen LogP contribution in [0, 0.1) is 0 Å². The number of esters is 1. The quantitative estimate of drug-likeness (QED) is 0.328. The van der Waals surface area contributed by atoms with Crippen LogP contribution in [-0.2, 0) is 21.4 Å².